The van der Waals surface area contributed by atoms with Crippen LogP contribution in [0.15, 0.2) is 46.6 Å². The molecule has 2 heteroatoms. The second-order valence-electron chi connectivity index (χ2n) is 3.91. The van der Waals surface area contributed by atoms with Crippen molar-refractivity contribution in [2.45, 2.75) is 6.92 Å². The van der Waals surface area contributed by atoms with Crippen molar-refractivity contribution in [3.63, 3.8) is 0 Å². The van der Waals surface area contributed by atoms with E-state index in [1.54, 1.807) is 11.3 Å². The van der Waals surface area contributed by atoms with Crippen LogP contribution < -0.4 is 5.43 Å². The van der Waals surface area contributed by atoms with Gasteiger partial charge in [-0.3, -0.25) is 4.79 Å². The lowest BCUT2D eigenvalue weighted by atomic mass is 10.2. The summed E-state index contributed by atoms with van der Waals surface area (Å²) in [5.41, 5.74) is 1.31. The SMILES string of the molecule is Cc1cc2ccccc2c(=O)c2ccsc12. The highest BCUT2D eigenvalue weighted by atomic mass is 32.1. The third kappa shape index (κ3) is 1.27. The second-order valence-corrected chi connectivity index (χ2v) is 4.82. The van der Waals surface area contributed by atoms with Gasteiger partial charge in [-0.25, -0.2) is 0 Å². The summed E-state index contributed by atoms with van der Waals surface area (Å²) in [6.07, 6.45) is 0. The monoisotopic (exact) mass is 226 g/mol. The van der Waals surface area contributed by atoms with E-state index in [1.807, 2.05) is 35.7 Å². The van der Waals surface area contributed by atoms with Crippen molar-refractivity contribution in [2.75, 3.05) is 0 Å². The lowest BCUT2D eigenvalue weighted by Crippen LogP contribution is -1.96. The van der Waals surface area contributed by atoms with Crippen molar-refractivity contribution in [3.8, 4) is 0 Å². The van der Waals surface area contributed by atoms with Gasteiger partial charge in [0, 0.05) is 15.5 Å². The molecule has 0 saturated carbocycles. The van der Waals surface area contributed by atoms with Gasteiger partial charge in [-0.05, 0) is 35.4 Å². The molecule has 2 aromatic carbocycles. The van der Waals surface area contributed by atoms with Gasteiger partial charge in [-0.2, -0.15) is 0 Å². The Kier molecular flexibility index (Phi) is 2.04. The van der Waals surface area contributed by atoms with Crippen LogP contribution in [0.2, 0.25) is 0 Å². The van der Waals surface area contributed by atoms with Gasteiger partial charge < -0.3 is 0 Å². The van der Waals surface area contributed by atoms with E-state index in [0.717, 1.165) is 20.9 Å². The highest BCUT2D eigenvalue weighted by molar-refractivity contribution is 7.17. The normalized spacial score (nSPS) is 11.1. The van der Waals surface area contributed by atoms with Crippen LogP contribution in [0.1, 0.15) is 5.56 Å². The van der Waals surface area contributed by atoms with Gasteiger partial charge in [-0.15, -0.1) is 11.3 Å². The molecule has 0 aliphatic rings. The minimum Gasteiger partial charge on any atom is -0.289 e. The maximum atomic E-state index is 12.3. The fraction of sp³-hybridized carbons (Fsp3) is 0.0714. The predicted octanol–water partition coefficient (Wildman–Crippen LogP) is 3.72. The fourth-order valence-corrected chi connectivity index (χ4v) is 2.94. The number of thiophene rings is 1. The summed E-state index contributed by atoms with van der Waals surface area (Å²) in [6.45, 7) is 2.06. The van der Waals surface area contributed by atoms with Crippen molar-refractivity contribution >= 4 is 32.2 Å². The van der Waals surface area contributed by atoms with E-state index in [2.05, 4.69) is 13.0 Å². The summed E-state index contributed by atoms with van der Waals surface area (Å²) in [7, 11) is 0. The summed E-state index contributed by atoms with van der Waals surface area (Å²) in [5, 5.41) is 4.64. The highest BCUT2D eigenvalue weighted by Crippen LogP contribution is 2.23. The molecule has 0 aliphatic heterocycles. The quantitative estimate of drug-likeness (QED) is 0.571. The summed E-state index contributed by atoms with van der Waals surface area (Å²) < 4.78 is 1.10. The van der Waals surface area contributed by atoms with E-state index in [4.69, 9.17) is 0 Å². The minimum atomic E-state index is 0.139. The molecule has 3 aromatic rings. The van der Waals surface area contributed by atoms with Gasteiger partial charge in [-0.1, -0.05) is 24.3 Å². The molecule has 1 heterocycles. The molecule has 78 valence electrons. The fourth-order valence-electron chi connectivity index (χ4n) is 2.07. The Morgan fingerprint density at radius 1 is 1.06 bits per heavy atom. The molecule has 16 heavy (non-hydrogen) atoms. The topological polar surface area (TPSA) is 17.1 Å². The van der Waals surface area contributed by atoms with Gasteiger partial charge in [0.15, 0.2) is 5.43 Å². The van der Waals surface area contributed by atoms with Crippen LogP contribution in [0.5, 0.6) is 0 Å². The Balaban J connectivity index is 2.74. The van der Waals surface area contributed by atoms with E-state index in [1.165, 1.54) is 5.56 Å². The van der Waals surface area contributed by atoms with E-state index >= 15 is 0 Å². The molecule has 1 aromatic heterocycles. The lowest BCUT2D eigenvalue weighted by Gasteiger charge is -1.89. The molecule has 0 radical (unpaired) electrons. The van der Waals surface area contributed by atoms with Crippen molar-refractivity contribution in [1.29, 1.82) is 0 Å². The molecule has 0 bridgehead atoms. The third-order valence-electron chi connectivity index (χ3n) is 2.85. The molecular formula is C14H10OS. The first-order valence-electron chi connectivity index (χ1n) is 5.17. The average molecular weight is 226 g/mol. The Hall–Kier alpha value is -1.67. The molecule has 0 spiro atoms. The van der Waals surface area contributed by atoms with Gasteiger partial charge >= 0.3 is 0 Å². The molecule has 0 aliphatic carbocycles. The zero-order valence-electron chi connectivity index (χ0n) is 8.86. The van der Waals surface area contributed by atoms with Crippen LogP contribution in [0, 0.1) is 6.92 Å². The zero-order chi connectivity index (χ0) is 11.1. The first kappa shape index (κ1) is 9.55. The van der Waals surface area contributed by atoms with E-state index in [9.17, 15) is 4.79 Å². The van der Waals surface area contributed by atoms with Crippen LogP contribution in [0.4, 0.5) is 0 Å². The summed E-state index contributed by atoms with van der Waals surface area (Å²) in [5.74, 6) is 0. The molecule has 0 N–H and O–H groups in total. The summed E-state index contributed by atoms with van der Waals surface area (Å²) >= 11 is 1.63. The average Bonchev–Trinajstić information content (AvgIpc) is 2.74. The van der Waals surface area contributed by atoms with Crippen LogP contribution in [0.25, 0.3) is 20.9 Å². The largest absolute Gasteiger partial charge is 0.289 e. The predicted molar refractivity (Wildman–Crippen MR) is 70.3 cm³/mol. The third-order valence-corrected chi connectivity index (χ3v) is 3.90. The molecule has 0 saturated heterocycles. The number of benzene rings is 1. The van der Waals surface area contributed by atoms with Crippen molar-refractivity contribution in [1.82, 2.24) is 0 Å². The number of hydrogen-bond acceptors (Lipinski definition) is 2. The summed E-state index contributed by atoms with van der Waals surface area (Å²) in [6, 6.07) is 11.8. The minimum absolute atomic E-state index is 0.139. The van der Waals surface area contributed by atoms with Crippen LogP contribution >= 0.6 is 11.3 Å². The Bertz CT molecular complexity index is 740. The van der Waals surface area contributed by atoms with E-state index < -0.39 is 0 Å². The summed E-state index contributed by atoms with van der Waals surface area (Å²) in [4.78, 5) is 12.3. The Labute approximate surface area is 97.0 Å². The number of fused-ring (bicyclic) bond motifs is 2. The smallest absolute Gasteiger partial charge is 0.195 e. The molecular weight excluding hydrogens is 216 g/mol. The van der Waals surface area contributed by atoms with Gasteiger partial charge in [0.05, 0.1) is 0 Å². The maximum Gasteiger partial charge on any atom is 0.195 e. The number of rotatable bonds is 0. The van der Waals surface area contributed by atoms with Gasteiger partial charge in [0.1, 0.15) is 0 Å². The molecule has 0 unspecified atom stereocenters. The molecule has 0 amide bonds. The van der Waals surface area contributed by atoms with Crippen LogP contribution in [-0.2, 0) is 0 Å². The van der Waals surface area contributed by atoms with E-state index in [-0.39, 0.29) is 5.43 Å². The van der Waals surface area contributed by atoms with Gasteiger partial charge in [0.2, 0.25) is 0 Å². The Morgan fingerprint density at radius 2 is 1.88 bits per heavy atom. The highest BCUT2D eigenvalue weighted by Gasteiger charge is 2.05. The Morgan fingerprint density at radius 3 is 2.75 bits per heavy atom. The molecule has 0 fully saturated rings. The van der Waals surface area contributed by atoms with E-state index in [0.29, 0.717) is 0 Å². The first-order valence-corrected chi connectivity index (χ1v) is 6.05. The second kappa shape index (κ2) is 3.42. The van der Waals surface area contributed by atoms with Gasteiger partial charge in [0.25, 0.3) is 0 Å². The molecule has 0 atom stereocenters. The molecule has 1 nitrogen and oxygen atoms in total. The van der Waals surface area contributed by atoms with Crippen LogP contribution in [-0.4, -0.2) is 0 Å². The van der Waals surface area contributed by atoms with Crippen molar-refractivity contribution in [3.05, 3.63) is 57.6 Å². The zero-order valence-corrected chi connectivity index (χ0v) is 9.67. The first-order chi connectivity index (χ1) is 7.77. The van der Waals surface area contributed by atoms with Crippen molar-refractivity contribution < 1.29 is 0 Å². The standard InChI is InChI=1S/C14H10OS/c1-9-8-10-4-2-3-5-11(10)13(15)12-6-7-16-14(9)12/h2-8H,1H3. The number of aryl methyl sites for hydroxylation is 1. The van der Waals surface area contributed by atoms with Crippen molar-refractivity contribution in [2.24, 2.45) is 0 Å². The number of hydrogen-bond donors (Lipinski definition) is 0. The maximum absolute atomic E-state index is 12.3. The van der Waals surface area contributed by atoms with Crippen LogP contribution in [0.3, 0.4) is 0 Å². The lowest BCUT2D eigenvalue weighted by molar-refractivity contribution is 1.60. The molecule has 3 rings (SSSR count).